The lowest BCUT2D eigenvalue weighted by molar-refractivity contribution is -0.142. The molecule has 2 aromatic rings. The molecule has 0 fully saturated rings. The summed E-state index contributed by atoms with van der Waals surface area (Å²) in [6.07, 6.45) is 2.97. The maximum absolute atomic E-state index is 12.6. The molecule has 1 heterocycles. The van der Waals surface area contributed by atoms with E-state index in [2.05, 4.69) is 13.8 Å². The Morgan fingerprint density at radius 1 is 1.12 bits per heavy atom. The van der Waals surface area contributed by atoms with Crippen LogP contribution in [0.4, 0.5) is 11.4 Å². The number of carbonyl (C=O) groups is 2. The fraction of sp³-hybridized carbons (Fsp3) is 0.269. The summed E-state index contributed by atoms with van der Waals surface area (Å²) in [5.41, 5.74) is 4.21. The molecule has 0 unspecified atom stereocenters. The Labute approximate surface area is 189 Å². The SMILES string of the molecule is CN(C)c1ccc(/C=C(/C#N)C(=O)OCC(=O)/C=C2\N(C)c3ccccc3C2(C)C)cc1. The van der Waals surface area contributed by atoms with Crippen LogP contribution in [-0.4, -0.2) is 39.5 Å². The van der Waals surface area contributed by atoms with Crippen molar-refractivity contribution in [2.24, 2.45) is 0 Å². The Balaban J connectivity index is 1.69. The van der Waals surface area contributed by atoms with E-state index in [1.54, 1.807) is 0 Å². The van der Waals surface area contributed by atoms with Gasteiger partial charge in [0, 0.05) is 49.7 Å². The van der Waals surface area contributed by atoms with Crippen LogP contribution in [-0.2, 0) is 19.7 Å². The van der Waals surface area contributed by atoms with Gasteiger partial charge in [0.25, 0.3) is 0 Å². The highest BCUT2D eigenvalue weighted by Crippen LogP contribution is 2.46. The summed E-state index contributed by atoms with van der Waals surface area (Å²) in [6, 6.07) is 17.3. The maximum atomic E-state index is 12.6. The van der Waals surface area contributed by atoms with Crippen LogP contribution in [0.2, 0.25) is 0 Å². The largest absolute Gasteiger partial charge is 0.453 e. The summed E-state index contributed by atoms with van der Waals surface area (Å²) >= 11 is 0. The van der Waals surface area contributed by atoms with Gasteiger partial charge in [-0.15, -0.1) is 0 Å². The van der Waals surface area contributed by atoms with Crippen LogP contribution in [0.15, 0.2) is 65.9 Å². The molecular weight excluding hydrogens is 402 g/mol. The predicted molar refractivity (Wildman–Crippen MR) is 126 cm³/mol. The minimum absolute atomic E-state index is 0.159. The average molecular weight is 430 g/mol. The van der Waals surface area contributed by atoms with E-state index in [-0.39, 0.29) is 16.8 Å². The van der Waals surface area contributed by atoms with Crippen molar-refractivity contribution in [2.75, 3.05) is 37.5 Å². The molecule has 6 heteroatoms. The number of para-hydroxylation sites is 1. The predicted octanol–water partition coefficient (Wildman–Crippen LogP) is 4.08. The van der Waals surface area contributed by atoms with Crippen molar-refractivity contribution in [1.82, 2.24) is 0 Å². The molecule has 0 bridgehead atoms. The number of hydrogen-bond acceptors (Lipinski definition) is 6. The number of nitriles is 1. The number of likely N-dealkylation sites (N-methyl/N-ethyl adjacent to an activating group) is 1. The number of ether oxygens (including phenoxy) is 1. The van der Waals surface area contributed by atoms with Gasteiger partial charge in [0.2, 0.25) is 0 Å². The van der Waals surface area contributed by atoms with Gasteiger partial charge < -0.3 is 14.5 Å². The van der Waals surface area contributed by atoms with Crippen LogP contribution in [0.25, 0.3) is 6.08 Å². The maximum Gasteiger partial charge on any atom is 0.349 e. The highest BCUT2D eigenvalue weighted by molar-refractivity contribution is 6.00. The topological polar surface area (TPSA) is 73.6 Å². The summed E-state index contributed by atoms with van der Waals surface area (Å²) in [6.45, 7) is 3.68. The summed E-state index contributed by atoms with van der Waals surface area (Å²) in [5, 5.41) is 9.37. The third-order valence-corrected chi connectivity index (χ3v) is 5.64. The van der Waals surface area contributed by atoms with Crippen molar-refractivity contribution in [3.05, 3.63) is 77.0 Å². The van der Waals surface area contributed by atoms with Gasteiger partial charge in [-0.25, -0.2) is 4.79 Å². The normalized spacial score (nSPS) is 15.8. The molecule has 164 valence electrons. The minimum atomic E-state index is -0.821. The molecule has 0 atom stereocenters. The number of fused-ring (bicyclic) bond motifs is 1. The third-order valence-electron chi connectivity index (χ3n) is 5.64. The van der Waals surface area contributed by atoms with E-state index in [1.165, 1.54) is 12.2 Å². The first-order valence-electron chi connectivity index (χ1n) is 10.3. The molecular formula is C26H27N3O3. The quantitative estimate of drug-likeness (QED) is 0.391. The van der Waals surface area contributed by atoms with E-state index >= 15 is 0 Å². The number of hydrogen-bond donors (Lipinski definition) is 0. The molecule has 32 heavy (non-hydrogen) atoms. The summed E-state index contributed by atoms with van der Waals surface area (Å²) in [7, 11) is 5.77. The van der Waals surface area contributed by atoms with Gasteiger partial charge in [-0.1, -0.05) is 44.2 Å². The van der Waals surface area contributed by atoms with E-state index < -0.39 is 12.6 Å². The molecule has 3 rings (SSSR count). The van der Waals surface area contributed by atoms with Gasteiger partial charge in [0.1, 0.15) is 11.6 Å². The Kier molecular flexibility index (Phi) is 6.50. The van der Waals surface area contributed by atoms with Crippen LogP contribution in [0.1, 0.15) is 25.0 Å². The Hall–Kier alpha value is -3.85. The van der Waals surface area contributed by atoms with Crippen molar-refractivity contribution in [2.45, 2.75) is 19.3 Å². The van der Waals surface area contributed by atoms with Gasteiger partial charge in [0.15, 0.2) is 12.4 Å². The number of ketones is 1. The van der Waals surface area contributed by atoms with Crippen LogP contribution < -0.4 is 9.80 Å². The molecule has 6 nitrogen and oxygen atoms in total. The van der Waals surface area contributed by atoms with E-state index in [1.807, 2.05) is 85.5 Å². The van der Waals surface area contributed by atoms with E-state index in [4.69, 9.17) is 4.74 Å². The van der Waals surface area contributed by atoms with Crippen molar-refractivity contribution >= 4 is 29.2 Å². The van der Waals surface area contributed by atoms with E-state index in [9.17, 15) is 14.9 Å². The molecule has 0 aromatic heterocycles. The molecule has 0 aliphatic carbocycles. The lowest BCUT2D eigenvalue weighted by atomic mass is 9.83. The molecule has 1 aliphatic rings. The van der Waals surface area contributed by atoms with Gasteiger partial charge in [0.05, 0.1) is 0 Å². The first-order chi connectivity index (χ1) is 15.1. The summed E-state index contributed by atoms with van der Waals surface area (Å²) in [4.78, 5) is 28.9. The number of esters is 1. The molecule has 1 aliphatic heterocycles. The van der Waals surface area contributed by atoms with Crippen molar-refractivity contribution in [3.8, 4) is 6.07 Å². The Morgan fingerprint density at radius 2 is 1.78 bits per heavy atom. The number of carbonyl (C=O) groups excluding carboxylic acids is 2. The molecule has 2 aromatic carbocycles. The first kappa shape index (κ1) is 22.8. The zero-order valence-corrected chi connectivity index (χ0v) is 19.0. The van der Waals surface area contributed by atoms with E-state index in [0.29, 0.717) is 5.56 Å². The van der Waals surface area contributed by atoms with Crippen molar-refractivity contribution < 1.29 is 14.3 Å². The highest BCUT2D eigenvalue weighted by Gasteiger charge is 2.38. The zero-order chi connectivity index (χ0) is 23.5. The smallest absolute Gasteiger partial charge is 0.349 e. The second kappa shape index (κ2) is 9.11. The minimum Gasteiger partial charge on any atom is -0.453 e. The molecule has 0 saturated carbocycles. The summed E-state index contributed by atoms with van der Waals surface area (Å²) in [5.74, 6) is -1.16. The fourth-order valence-corrected chi connectivity index (χ4v) is 3.84. The third kappa shape index (κ3) is 4.57. The van der Waals surface area contributed by atoms with Gasteiger partial charge in [-0.2, -0.15) is 5.26 Å². The lowest BCUT2D eigenvalue weighted by Crippen LogP contribution is -2.25. The number of benzene rings is 2. The van der Waals surface area contributed by atoms with Crippen molar-refractivity contribution in [1.29, 1.82) is 5.26 Å². The van der Waals surface area contributed by atoms with Gasteiger partial charge in [-0.05, 0) is 35.4 Å². The van der Waals surface area contributed by atoms with Gasteiger partial charge >= 0.3 is 5.97 Å². The van der Waals surface area contributed by atoms with Crippen LogP contribution in [0, 0.1) is 11.3 Å². The van der Waals surface area contributed by atoms with Gasteiger partial charge in [-0.3, -0.25) is 4.79 Å². The number of rotatable bonds is 6. The van der Waals surface area contributed by atoms with Crippen LogP contribution in [0.5, 0.6) is 0 Å². The Morgan fingerprint density at radius 3 is 2.38 bits per heavy atom. The zero-order valence-electron chi connectivity index (χ0n) is 19.0. The van der Waals surface area contributed by atoms with Crippen molar-refractivity contribution in [3.63, 3.8) is 0 Å². The Bertz CT molecular complexity index is 1140. The first-order valence-corrected chi connectivity index (χ1v) is 10.3. The second-order valence-corrected chi connectivity index (χ2v) is 8.43. The molecule has 0 amide bonds. The average Bonchev–Trinajstić information content (AvgIpc) is 2.97. The molecule has 0 N–H and O–H groups in total. The number of allylic oxidation sites excluding steroid dienone is 1. The lowest BCUT2D eigenvalue weighted by Gasteiger charge is -2.23. The summed E-state index contributed by atoms with van der Waals surface area (Å²) < 4.78 is 5.13. The number of anilines is 2. The monoisotopic (exact) mass is 429 g/mol. The van der Waals surface area contributed by atoms with Crippen LogP contribution in [0.3, 0.4) is 0 Å². The standard InChI is InChI=1S/C26H27N3O3/c1-26(2)22-8-6-7-9-23(22)29(5)24(26)15-21(30)17-32-25(31)19(16-27)14-18-10-12-20(13-11-18)28(3)4/h6-15H,17H2,1-5H3/b19-14-,24-15-. The van der Waals surface area contributed by atoms with E-state index in [0.717, 1.165) is 22.6 Å². The molecule has 0 radical (unpaired) electrons. The highest BCUT2D eigenvalue weighted by atomic mass is 16.5. The fourth-order valence-electron chi connectivity index (χ4n) is 3.84. The van der Waals surface area contributed by atoms with Crippen LogP contribution >= 0.6 is 0 Å². The number of nitrogens with zero attached hydrogens (tertiary/aromatic N) is 3. The second-order valence-electron chi connectivity index (χ2n) is 8.43. The molecule has 0 saturated heterocycles. The molecule has 0 spiro atoms.